The summed E-state index contributed by atoms with van der Waals surface area (Å²) in [5, 5.41) is 3.75. The van der Waals surface area contributed by atoms with Crippen LogP contribution in [-0.4, -0.2) is 52.5 Å². The number of hydrogen-bond acceptors (Lipinski definition) is 4. The number of ether oxygens (including phenoxy) is 2. The van der Waals surface area contributed by atoms with Crippen molar-refractivity contribution in [3.8, 4) is 0 Å². The number of halogens is 1. The number of nitrogens with one attached hydrogen (secondary N) is 1. The Bertz CT molecular complexity index is 481. The van der Waals surface area contributed by atoms with Crippen molar-refractivity contribution in [2.75, 3.05) is 51.5 Å². The van der Waals surface area contributed by atoms with Crippen LogP contribution >= 0.6 is 11.6 Å². The Labute approximate surface area is 142 Å². The van der Waals surface area contributed by atoms with Gasteiger partial charge in [-0.3, -0.25) is 4.79 Å². The molecule has 0 aliphatic carbocycles. The largest absolute Gasteiger partial charge is 0.382 e. The second-order valence-corrected chi connectivity index (χ2v) is 6.17. The van der Waals surface area contributed by atoms with Gasteiger partial charge < -0.3 is 19.7 Å². The Balaban J connectivity index is 1.62. The van der Waals surface area contributed by atoms with Crippen molar-refractivity contribution in [2.24, 2.45) is 5.92 Å². The van der Waals surface area contributed by atoms with Gasteiger partial charge in [0.25, 0.3) is 0 Å². The molecule has 2 rings (SSSR count). The van der Waals surface area contributed by atoms with E-state index in [1.165, 1.54) is 5.69 Å². The molecule has 1 aromatic carbocycles. The smallest absolute Gasteiger partial charge is 0.222 e. The molecule has 1 aliphatic heterocycles. The molecule has 1 N–H and O–H groups in total. The van der Waals surface area contributed by atoms with Gasteiger partial charge in [0.15, 0.2) is 0 Å². The summed E-state index contributed by atoms with van der Waals surface area (Å²) >= 11 is 5.92. The summed E-state index contributed by atoms with van der Waals surface area (Å²) in [4.78, 5) is 14.1. The first-order valence-electron chi connectivity index (χ1n) is 8.03. The van der Waals surface area contributed by atoms with Crippen molar-refractivity contribution in [3.05, 3.63) is 29.3 Å². The summed E-state index contributed by atoms with van der Waals surface area (Å²) in [6.45, 7) is 4.24. The number of carbonyl (C=O) groups is 1. The molecule has 128 valence electrons. The molecule has 6 heteroatoms. The zero-order valence-corrected chi connectivity index (χ0v) is 14.3. The van der Waals surface area contributed by atoms with Gasteiger partial charge in [-0.2, -0.15) is 0 Å². The van der Waals surface area contributed by atoms with Crippen molar-refractivity contribution in [1.82, 2.24) is 5.32 Å². The number of nitrogens with zero attached hydrogens (tertiary/aromatic N) is 1. The molecular formula is C17H25ClN2O3. The Morgan fingerprint density at radius 2 is 2.09 bits per heavy atom. The highest BCUT2D eigenvalue weighted by molar-refractivity contribution is 6.30. The SMILES string of the molecule is COCCOCCC(=O)NC[C@@H]1CCN(c2ccc(Cl)cc2)C1. The molecule has 0 spiro atoms. The van der Waals surface area contributed by atoms with Crippen LogP contribution < -0.4 is 10.2 Å². The van der Waals surface area contributed by atoms with Crippen molar-refractivity contribution < 1.29 is 14.3 Å². The maximum atomic E-state index is 11.8. The quantitative estimate of drug-likeness (QED) is 0.701. The van der Waals surface area contributed by atoms with Crippen LogP contribution in [0.5, 0.6) is 0 Å². The number of rotatable bonds is 9. The molecule has 5 nitrogen and oxygen atoms in total. The van der Waals surface area contributed by atoms with Crippen LogP contribution in [-0.2, 0) is 14.3 Å². The average Bonchev–Trinajstić information content (AvgIpc) is 3.02. The van der Waals surface area contributed by atoms with Crippen molar-refractivity contribution >= 4 is 23.2 Å². The number of anilines is 1. The van der Waals surface area contributed by atoms with Gasteiger partial charge in [0.05, 0.1) is 19.8 Å². The second kappa shape index (κ2) is 9.75. The van der Waals surface area contributed by atoms with E-state index in [9.17, 15) is 4.79 Å². The molecule has 23 heavy (non-hydrogen) atoms. The molecule has 0 radical (unpaired) electrons. The van der Waals surface area contributed by atoms with Gasteiger partial charge in [-0.05, 0) is 36.6 Å². The monoisotopic (exact) mass is 340 g/mol. The summed E-state index contributed by atoms with van der Waals surface area (Å²) in [5.74, 6) is 0.538. The molecular weight excluding hydrogens is 316 g/mol. The van der Waals surface area contributed by atoms with Crippen LogP contribution in [0.3, 0.4) is 0 Å². The van der Waals surface area contributed by atoms with Gasteiger partial charge in [0, 0.05) is 43.9 Å². The minimum atomic E-state index is 0.0485. The Morgan fingerprint density at radius 3 is 2.83 bits per heavy atom. The lowest BCUT2D eigenvalue weighted by Crippen LogP contribution is -2.31. The molecule has 0 unspecified atom stereocenters. The summed E-state index contributed by atoms with van der Waals surface area (Å²) in [7, 11) is 1.63. The van der Waals surface area contributed by atoms with Gasteiger partial charge in [-0.1, -0.05) is 11.6 Å². The van der Waals surface area contributed by atoms with E-state index in [4.69, 9.17) is 21.1 Å². The van der Waals surface area contributed by atoms with E-state index in [0.717, 1.165) is 31.1 Å². The van der Waals surface area contributed by atoms with E-state index in [0.29, 0.717) is 32.2 Å². The van der Waals surface area contributed by atoms with E-state index in [1.807, 2.05) is 24.3 Å². The van der Waals surface area contributed by atoms with Crippen molar-refractivity contribution in [3.63, 3.8) is 0 Å². The molecule has 1 heterocycles. The summed E-state index contributed by atoms with van der Waals surface area (Å²) in [6, 6.07) is 7.91. The van der Waals surface area contributed by atoms with Gasteiger partial charge >= 0.3 is 0 Å². The highest BCUT2D eigenvalue weighted by Gasteiger charge is 2.22. The Kier molecular flexibility index (Phi) is 7.65. The van der Waals surface area contributed by atoms with Gasteiger partial charge in [-0.25, -0.2) is 0 Å². The third-order valence-corrected chi connectivity index (χ3v) is 4.22. The second-order valence-electron chi connectivity index (χ2n) is 5.74. The average molecular weight is 341 g/mol. The zero-order chi connectivity index (χ0) is 16.5. The van der Waals surface area contributed by atoms with Gasteiger partial charge in [0.1, 0.15) is 0 Å². The van der Waals surface area contributed by atoms with E-state index >= 15 is 0 Å². The minimum Gasteiger partial charge on any atom is -0.382 e. The maximum absolute atomic E-state index is 11.8. The molecule has 0 aromatic heterocycles. The Hall–Kier alpha value is -1.30. The molecule has 1 fully saturated rings. The van der Waals surface area contributed by atoms with Crippen LogP contribution in [0.25, 0.3) is 0 Å². The topological polar surface area (TPSA) is 50.8 Å². The fourth-order valence-electron chi connectivity index (χ4n) is 2.64. The fourth-order valence-corrected chi connectivity index (χ4v) is 2.77. The normalized spacial score (nSPS) is 17.5. The maximum Gasteiger partial charge on any atom is 0.222 e. The molecule has 1 aromatic rings. The van der Waals surface area contributed by atoms with Crippen LogP contribution in [0.2, 0.25) is 5.02 Å². The van der Waals surface area contributed by atoms with E-state index in [-0.39, 0.29) is 5.91 Å². The van der Waals surface area contributed by atoms with Crippen LogP contribution in [0.1, 0.15) is 12.8 Å². The predicted octanol–water partition coefficient (Wildman–Crippen LogP) is 2.34. The molecule has 0 saturated carbocycles. The number of carbonyl (C=O) groups excluding carboxylic acids is 1. The highest BCUT2D eigenvalue weighted by atomic mass is 35.5. The number of methoxy groups -OCH3 is 1. The first-order valence-corrected chi connectivity index (χ1v) is 8.40. The minimum absolute atomic E-state index is 0.0485. The lowest BCUT2D eigenvalue weighted by atomic mass is 10.1. The lowest BCUT2D eigenvalue weighted by Gasteiger charge is -2.19. The number of amides is 1. The van der Waals surface area contributed by atoms with Crippen LogP contribution in [0.4, 0.5) is 5.69 Å². The van der Waals surface area contributed by atoms with E-state index < -0.39 is 0 Å². The van der Waals surface area contributed by atoms with E-state index in [1.54, 1.807) is 7.11 Å². The standard InChI is InChI=1S/C17H25ClN2O3/c1-22-10-11-23-9-7-17(21)19-12-14-6-8-20(13-14)16-4-2-15(18)3-5-16/h2-5,14H,6-13H2,1H3,(H,19,21)/t14-/m0/s1. The van der Waals surface area contributed by atoms with Crippen LogP contribution in [0.15, 0.2) is 24.3 Å². The third kappa shape index (κ3) is 6.37. The molecule has 1 atom stereocenters. The number of benzene rings is 1. The van der Waals surface area contributed by atoms with Crippen molar-refractivity contribution in [2.45, 2.75) is 12.8 Å². The van der Waals surface area contributed by atoms with Gasteiger partial charge in [-0.15, -0.1) is 0 Å². The van der Waals surface area contributed by atoms with E-state index in [2.05, 4.69) is 10.2 Å². The van der Waals surface area contributed by atoms with Crippen molar-refractivity contribution in [1.29, 1.82) is 0 Å². The fraction of sp³-hybridized carbons (Fsp3) is 0.588. The predicted molar refractivity (Wildman–Crippen MR) is 92.1 cm³/mol. The van der Waals surface area contributed by atoms with Gasteiger partial charge in [0.2, 0.25) is 5.91 Å². The summed E-state index contributed by atoms with van der Waals surface area (Å²) < 4.78 is 10.2. The summed E-state index contributed by atoms with van der Waals surface area (Å²) in [6.07, 6.45) is 1.49. The lowest BCUT2D eigenvalue weighted by molar-refractivity contribution is -0.122. The zero-order valence-electron chi connectivity index (χ0n) is 13.6. The number of hydrogen-bond donors (Lipinski definition) is 1. The molecule has 1 amide bonds. The first kappa shape index (κ1) is 18.0. The van der Waals surface area contributed by atoms with Crippen LogP contribution in [0, 0.1) is 5.92 Å². The summed E-state index contributed by atoms with van der Waals surface area (Å²) in [5.41, 5.74) is 1.19. The molecule has 1 saturated heterocycles. The molecule has 0 bridgehead atoms. The first-order chi connectivity index (χ1) is 11.2. The third-order valence-electron chi connectivity index (χ3n) is 3.97. The Morgan fingerprint density at radius 1 is 1.30 bits per heavy atom. The highest BCUT2D eigenvalue weighted by Crippen LogP contribution is 2.24. The molecule has 1 aliphatic rings.